The number of halogens is 1. The number of hydrogen-bond acceptors (Lipinski definition) is 8. The van der Waals surface area contributed by atoms with Gasteiger partial charge in [-0.2, -0.15) is 0 Å². The maximum Gasteiger partial charge on any atom is 0.222 e. The highest BCUT2D eigenvalue weighted by molar-refractivity contribution is 7.16. The maximum absolute atomic E-state index is 10.3. The summed E-state index contributed by atoms with van der Waals surface area (Å²) in [5.41, 5.74) is 1.69. The Morgan fingerprint density at radius 2 is 2.00 bits per heavy atom. The summed E-state index contributed by atoms with van der Waals surface area (Å²) in [6.45, 7) is 4.26. The van der Waals surface area contributed by atoms with E-state index in [1.54, 1.807) is 11.3 Å². The number of aliphatic hydroxyl groups excluding tert-OH is 2. The van der Waals surface area contributed by atoms with Gasteiger partial charge in [-0.15, -0.1) is 11.3 Å². The number of aliphatic hydroxyl groups is 2. The van der Waals surface area contributed by atoms with E-state index in [1.807, 2.05) is 18.5 Å². The first-order valence-corrected chi connectivity index (χ1v) is 12.7. The Morgan fingerprint density at radius 3 is 2.72 bits per heavy atom. The van der Waals surface area contributed by atoms with Crippen LogP contribution in [-0.4, -0.2) is 56.4 Å². The number of nitrogens with one attached hydrogen (secondary N) is 1. The highest BCUT2D eigenvalue weighted by Gasteiger charge is 2.46. The molecule has 2 fully saturated rings. The van der Waals surface area contributed by atoms with E-state index >= 15 is 0 Å². The van der Waals surface area contributed by atoms with Crippen molar-refractivity contribution >= 4 is 28.9 Å². The quantitative estimate of drug-likeness (QED) is 0.614. The second-order valence-corrected chi connectivity index (χ2v) is 11.2. The number of thiophene rings is 1. The average molecular weight is 479 g/mol. The van der Waals surface area contributed by atoms with Crippen LogP contribution in [0.25, 0.3) is 0 Å². The van der Waals surface area contributed by atoms with Crippen LogP contribution in [-0.2, 0) is 16.9 Å². The minimum absolute atomic E-state index is 0.158. The van der Waals surface area contributed by atoms with Crippen LogP contribution in [0.2, 0.25) is 4.34 Å². The first-order chi connectivity index (χ1) is 15.4. The normalized spacial score (nSPS) is 33.2. The van der Waals surface area contributed by atoms with Gasteiger partial charge in [0.25, 0.3) is 0 Å². The van der Waals surface area contributed by atoms with Gasteiger partial charge >= 0.3 is 0 Å². The van der Waals surface area contributed by atoms with Crippen LogP contribution in [0, 0.1) is 0 Å². The number of anilines is 1. The van der Waals surface area contributed by atoms with Gasteiger partial charge in [0, 0.05) is 53.6 Å². The minimum Gasteiger partial charge on any atom is -0.393 e. The van der Waals surface area contributed by atoms with Crippen molar-refractivity contribution in [3.8, 4) is 0 Å². The highest BCUT2D eigenvalue weighted by atomic mass is 35.5. The number of fused-ring (bicyclic) bond motifs is 2. The number of rotatable bonds is 4. The lowest BCUT2D eigenvalue weighted by atomic mass is 9.81. The molecule has 2 aromatic heterocycles. The van der Waals surface area contributed by atoms with Gasteiger partial charge in [0.05, 0.1) is 17.0 Å². The monoisotopic (exact) mass is 478 g/mol. The summed E-state index contributed by atoms with van der Waals surface area (Å²) >= 11 is 7.83. The molecule has 7 nitrogen and oxygen atoms in total. The van der Waals surface area contributed by atoms with Crippen molar-refractivity contribution in [1.29, 1.82) is 0 Å². The summed E-state index contributed by atoms with van der Waals surface area (Å²) in [7, 11) is 0. The number of likely N-dealkylation sites (tertiary alicyclic amines) is 1. The molecule has 0 radical (unpaired) electrons. The van der Waals surface area contributed by atoms with Crippen molar-refractivity contribution in [2.45, 2.75) is 81.9 Å². The van der Waals surface area contributed by atoms with Crippen LogP contribution < -0.4 is 5.32 Å². The molecule has 2 aliphatic heterocycles. The zero-order valence-electron chi connectivity index (χ0n) is 18.3. The van der Waals surface area contributed by atoms with E-state index < -0.39 is 6.10 Å². The van der Waals surface area contributed by atoms with Gasteiger partial charge in [-0.25, -0.2) is 9.97 Å². The molecule has 1 saturated heterocycles. The van der Waals surface area contributed by atoms with Crippen LogP contribution in [0.4, 0.5) is 5.95 Å². The second kappa shape index (κ2) is 9.16. The Balaban J connectivity index is 1.20. The van der Waals surface area contributed by atoms with Crippen LogP contribution in [0.15, 0.2) is 18.5 Å². The summed E-state index contributed by atoms with van der Waals surface area (Å²) in [4.78, 5) is 12.6. The van der Waals surface area contributed by atoms with E-state index in [4.69, 9.17) is 16.3 Å². The molecule has 9 heteroatoms. The SMILES string of the molecule is CC1CC2(CCN1Cc1cnc(NC3CCC(O)CC3)nc1)OCC(O)c1cc(Cl)sc12. The molecule has 5 rings (SSSR count). The number of hydrogen-bond donors (Lipinski definition) is 3. The zero-order valence-corrected chi connectivity index (χ0v) is 19.9. The number of aromatic nitrogens is 2. The Kier molecular flexibility index (Phi) is 6.44. The van der Waals surface area contributed by atoms with Crippen molar-refractivity contribution in [3.63, 3.8) is 0 Å². The highest BCUT2D eigenvalue weighted by Crippen LogP contribution is 2.50. The summed E-state index contributed by atoms with van der Waals surface area (Å²) in [6.07, 6.45) is 8.41. The van der Waals surface area contributed by atoms with E-state index in [-0.39, 0.29) is 11.7 Å². The lowest BCUT2D eigenvalue weighted by molar-refractivity contribution is -0.139. The largest absolute Gasteiger partial charge is 0.393 e. The third-order valence-electron chi connectivity index (χ3n) is 7.19. The van der Waals surface area contributed by atoms with Crippen molar-refractivity contribution in [1.82, 2.24) is 14.9 Å². The van der Waals surface area contributed by atoms with Crippen molar-refractivity contribution in [2.24, 2.45) is 0 Å². The molecule has 1 saturated carbocycles. The molecule has 3 aliphatic rings. The van der Waals surface area contributed by atoms with E-state index in [0.29, 0.717) is 29.0 Å². The topological polar surface area (TPSA) is 90.7 Å². The Labute approximate surface area is 197 Å². The van der Waals surface area contributed by atoms with Crippen molar-refractivity contribution < 1.29 is 14.9 Å². The maximum atomic E-state index is 10.3. The summed E-state index contributed by atoms with van der Waals surface area (Å²) < 4.78 is 6.96. The molecule has 174 valence electrons. The molecule has 0 aromatic carbocycles. The smallest absolute Gasteiger partial charge is 0.222 e. The molecule has 3 N–H and O–H groups in total. The molecule has 2 aromatic rings. The summed E-state index contributed by atoms with van der Waals surface area (Å²) in [5, 5.41) is 23.4. The molecule has 3 atom stereocenters. The lowest BCUT2D eigenvalue weighted by Gasteiger charge is -2.47. The van der Waals surface area contributed by atoms with Gasteiger partial charge < -0.3 is 20.3 Å². The van der Waals surface area contributed by atoms with Gasteiger partial charge in [0.1, 0.15) is 11.7 Å². The first kappa shape index (κ1) is 22.5. The van der Waals surface area contributed by atoms with Crippen LogP contribution in [0.3, 0.4) is 0 Å². The predicted octanol–water partition coefficient (Wildman–Crippen LogP) is 3.85. The lowest BCUT2D eigenvalue weighted by Crippen LogP contribution is -2.50. The van der Waals surface area contributed by atoms with Gasteiger partial charge in [-0.3, -0.25) is 4.90 Å². The molecule has 4 heterocycles. The van der Waals surface area contributed by atoms with E-state index in [0.717, 1.165) is 67.6 Å². The van der Waals surface area contributed by atoms with E-state index in [9.17, 15) is 10.2 Å². The zero-order chi connectivity index (χ0) is 22.3. The molecule has 32 heavy (non-hydrogen) atoms. The number of ether oxygens (including phenoxy) is 1. The fourth-order valence-corrected chi connectivity index (χ4v) is 6.82. The van der Waals surface area contributed by atoms with Crippen LogP contribution in [0.5, 0.6) is 0 Å². The third-order valence-corrected chi connectivity index (χ3v) is 8.66. The Hall–Kier alpha value is -1.29. The second-order valence-electron chi connectivity index (χ2n) is 9.49. The summed E-state index contributed by atoms with van der Waals surface area (Å²) in [6, 6.07) is 2.56. The molecule has 0 amide bonds. The fraction of sp³-hybridized carbons (Fsp3) is 0.652. The van der Waals surface area contributed by atoms with E-state index in [2.05, 4.69) is 27.1 Å². The molecule has 1 aliphatic carbocycles. The molecular weight excluding hydrogens is 448 g/mol. The van der Waals surface area contributed by atoms with Gasteiger partial charge in [0.2, 0.25) is 5.95 Å². The predicted molar refractivity (Wildman–Crippen MR) is 125 cm³/mol. The van der Waals surface area contributed by atoms with Crippen LogP contribution >= 0.6 is 22.9 Å². The number of nitrogens with zero attached hydrogens (tertiary/aromatic N) is 3. The Morgan fingerprint density at radius 1 is 1.25 bits per heavy atom. The molecule has 1 spiro atoms. The molecular formula is C23H31ClN4O3S. The first-order valence-electron chi connectivity index (χ1n) is 11.5. The van der Waals surface area contributed by atoms with Gasteiger partial charge in [0.15, 0.2) is 0 Å². The van der Waals surface area contributed by atoms with Crippen LogP contribution in [0.1, 0.15) is 67.6 Å². The summed E-state index contributed by atoms with van der Waals surface area (Å²) in [5.74, 6) is 0.664. The fourth-order valence-electron chi connectivity index (χ4n) is 5.34. The van der Waals surface area contributed by atoms with Crippen molar-refractivity contribution in [3.05, 3.63) is 38.8 Å². The van der Waals surface area contributed by atoms with Gasteiger partial charge in [-0.1, -0.05) is 11.6 Å². The Bertz CT molecular complexity index is 934. The average Bonchev–Trinajstić information content (AvgIpc) is 3.19. The number of piperidine rings is 1. The molecule has 0 bridgehead atoms. The molecule has 3 unspecified atom stereocenters. The van der Waals surface area contributed by atoms with Gasteiger partial charge in [-0.05, 0) is 51.5 Å². The van der Waals surface area contributed by atoms with Crippen molar-refractivity contribution in [2.75, 3.05) is 18.5 Å². The third kappa shape index (κ3) is 4.54. The minimum atomic E-state index is -0.587. The standard InChI is InChI=1S/C23H31ClN4O3S/c1-14-9-23(21-18(8-20(24)32-21)19(30)13-31-23)6-7-28(14)12-15-10-25-22(26-11-15)27-16-2-4-17(29)5-3-16/h8,10-11,14,16-17,19,29-30H,2-7,9,12-13H2,1H3,(H,25,26,27). The van der Waals surface area contributed by atoms with E-state index in [1.165, 1.54) is 0 Å².